The smallest absolute Gasteiger partial charge is 0.337 e. The van der Waals surface area contributed by atoms with Gasteiger partial charge < -0.3 is 14.6 Å². The van der Waals surface area contributed by atoms with Crippen molar-refractivity contribution in [2.24, 2.45) is 7.05 Å². The molecular weight excluding hydrogens is 350 g/mol. The fourth-order valence-electron chi connectivity index (χ4n) is 2.61. The lowest BCUT2D eigenvalue weighted by Gasteiger charge is -2.10. The Morgan fingerprint density at radius 1 is 1.23 bits per heavy atom. The van der Waals surface area contributed by atoms with Crippen LogP contribution in [0.3, 0.4) is 0 Å². The maximum absolute atomic E-state index is 12.7. The van der Waals surface area contributed by atoms with E-state index in [9.17, 15) is 9.59 Å². The standard InChI is InChI=1S/C19H19N3O3S/c1-11-5-6-13(19(24)25-4)7-15(11)21-18(23)17-8-14(9-22(17)3)16-10-26-12(2)20-16/h5-10H,1-4H3,(H,21,23). The summed E-state index contributed by atoms with van der Waals surface area (Å²) in [6.07, 6.45) is 1.88. The Morgan fingerprint density at radius 3 is 2.65 bits per heavy atom. The van der Waals surface area contributed by atoms with Gasteiger partial charge in [-0.05, 0) is 37.6 Å². The first kappa shape index (κ1) is 17.9. The van der Waals surface area contributed by atoms with Crippen molar-refractivity contribution < 1.29 is 14.3 Å². The van der Waals surface area contributed by atoms with Gasteiger partial charge in [0, 0.05) is 29.9 Å². The van der Waals surface area contributed by atoms with Crippen LogP contribution in [0, 0.1) is 13.8 Å². The average molecular weight is 369 g/mol. The molecule has 7 heteroatoms. The Morgan fingerprint density at radius 2 is 2.00 bits per heavy atom. The van der Waals surface area contributed by atoms with Crippen LogP contribution >= 0.6 is 11.3 Å². The second-order valence-corrected chi connectivity index (χ2v) is 7.01. The van der Waals surface area contributed by atoms with Crippen molar-refractivity contribution in [3.63, 3.8) is 0 Å². The molecule has 0 atom stereocenters. The van der Waals surface area contributed by atoms with E-state index in [1.54, 1.807) is 34.1 Å². The molecule has 0 aliphatic carbocycles. The van der Waals surface area contributed by atoms with E-state index < -0.39 is 5.97 Å². The predicted molar refractivity (Wildman–Crippen MR) is 102 cm³/mol. The summed E-state index contributed by atoms with van der Waals surface area (Å²) in [4.78, 5) is 28.9. The van der Waals surface area contributed by atoms with E-state index in [-0.39, 0.29) is 5.91 Å². The van der Waals surface area contributed by atoms with Gasteiger partial charge in [-0.25, -0.2) is 9.78 Å². The lowest BCUT2D eigenvalue weighted by molar-refractivity contribution is 0.0600. The highest BCUT2D eigenvalue weighted by Gasteiger charge is 2.16. The number of aromatic nitrogens is 2. The highest BCUT2D eigenvalue weighted by molar-refractivity contribution is 7.09. The molecule has 2 heterocycles. The molecule has 0 fully saturated rings. The van der Waals surface area contributed by atoms with Crippen LogP contribution in [0.4, 0.5) is 5.69 Å². The number of esters is 1. The van der Waals surface area contributed by atoms with Gasteiger partial charge in [0.25, 0.3) is 5.91 Å². The van der Waals surface area contributed by atoms with Crippen LogP contribution < -0.4 is 5.32 Å². The highest BCUT2D eigenvalue weighted by atomic mass is 32.1. The van der Waals surface area contributed by atoms with Gasteiger partial charge in [0.1, 0.15) is 5.69 Å². The number of ether oxygens (including phenoxy) is 1. The number of hydrogen-bond donors (Lipinski definition) is 1. The molecule has 3 rings (SSSR count). The first-order valence-electron chi connectivity index (χ1n) is 7.98. The van der Waals surface area contributed by atoms with Crippen molar-refractivity contribution in [2.75, 3.05) is 12.4 Å². The molecule has 0 aliphatic rings. The number of anilines is 1. The summed E-state index contributed by atoms with van der Waals surface area (Å²) in [5, 5.41) is 5.82. The Hall–Kier alpha value is -2.93. The van der Waals surface area contributed by atoms with Crippen LogP contribution in [0.15, 0.2) is 35.8 Å². The Balaban J connectivity index is 1.87. The summed E-state index contributed by atoms with van der Waals surface area (Å²) < 4.78 is 6.50. The minimum absolute atomic E-state index is 0.254. The van der Waals surface area contributed by atoms with E-state index >= 15 is 0 Å². The topological polar surface area (TPSA) is 73.2 Å². The molecule has 1 aromatic carbocycles. The fourth-order valence-corrected chi connectivity index (χ4v) is 3.24. The van der Waals surface area contributed by atoms with Crippen LogP contribution in [0.2, 0.25) is 0 Å². The molecule has 1 amide bonds. The number of nitrogens with one attached hydrogen (secondary N) is 1. The lowest BCUT2D eigenvalue weighted by Crippen LogP contribution is -2.16. The summed E-state index contributed by atoms with van der Waals surface area (Å²) >= 11 is 1.57. The largest absolute Gasteiger partial charge is 0.465 e. The molecule has 26 heavy (non-hydrogen) atoms. The summed E-state index contributed by atoms with van der Waals surface area (Å²) in [7, 11) is 3.14. The number of rotatable bonds is 4. The molecule has 134 valence electrons. The molecule has 0 saturated carbocycles. The first-order chi connectivity index (χ1) is 12.4. The van der Waals surface area contributed by atoms with Crippen LogP contribution in [0.25, 0.3) is 11.3 Å². The van der Waals surface area contributed by atoms with Crippen molar-refractivity contribution in [1.29, 1.82) is 0 Å². The number of nitrogens with zero attached hydrogens (tertiary/aromatic N) is 2. The molecule has 2 aromatic heterocycles. The quantitative estimate of drug-likeness (QED) is 0.710. The zero-order valence-electron chi connectivity index (χ0n) is 15.0. The minimum Gasteiger partial charge on any atom is -0.465 e. The van der Waals surface area contributed by atoms with Crippen molar-refractivity contribution in [1.82, 2.24) is 9.55 Å². The summed E-state index contributed by atoms with van der Waals surface area (Å²) in [5.74, 6) is -0.698. The van der Waals surface area contributed by atoms with Crippen LogP contribution in [0.1, 0.15) is 31.4 Å². The molecule has 1 N–H and O–H groups in total. The molecule has 0 radical (unpaired) electrons. The van der Waals surface area contributed by atoms with E-state index in [2.05, 4.69) is 10.3 Å². The number of hydrogen-bond acceptors (Lipinski definition) is 5. The van der Waals surface area contributed by atoms with Gasteiger partial charge in [0.15, 0.2) is 0 Å². The van der Waals surface area contributed by atoms with E-state index in [1.807, 2.05) is 38.5 Å². The fraction of sp³-hybridized carbons (Fsp3) is 0.211. The van der Waals surface area contributed by atoms with Gasteiger partial charge >= 0.3 is 5.97 Å². The van der Waals surface area contributed by atoms with Crippen molar-refractivity contribution in [2.45, 2.75) is 13.8 Å². The Bertz CT molecular complexity index is 988. The zero-order valence-corrected chi connectivity index (χ0v) is 15.8. The number of methoxy groups -OCH3 is 1. The van der Waals surface area contributed by atoms with Gasteiger partial charge in [-0.15, -0.1) is 11.3 Å². The van der Waals surface area contributed by atoms with Gasteiger partial charge in [-0.3, -0.25) is 4.79 Å². The maximum atomic E-state index is 12.7. The second kappa shape index (κ2) is 7.13. The predicted octanol–water partition coefficient (Wildman–Crippen LogP) is 3.80. The summed E-state index contributed by atoms with van der Waals surface area (Å²) in [6.45, 7) is 3.81. The molecule has 3 aromatic rings. The van der Waals surface area contributed by atoms with Gasteiger partial charge in [-0.2, -0.15) is 0 Å². The number of aryl methyl sites for hydroxylation is 3. The van der Waals surface area contributed by atoms with E-state index in [0.717, 1.165) is 21.8 Å². The molecular formula is C19H19N3O3S. The monoisotopic (exact) mass is 369 g/mol. The Labute approximate surface area is 155 Å². The Kier molecular flexibility index (Phi) is 4.90. The first-order valence-corrected chi connectivity index (χ1v) is 8.86. The van der Waals surface area contributed by atoms with Crippen LogP contribution in [-0.4, -0.2) is 28.5 Å². The number of benzene rings is 1. The van der Waals surface area contributed by atoms with E-state index in [0.29, 0.717) is 16.9 Å². The number of carbonyl (C=O) groups is 2. The van der Waals surface area contributed by atoms with Gasteiger partial charge in [0.2, 0.25) is 0 Å². The third-order valence-corrected chi connectivity index (χ3v) is 4.83. The molecule has 0 spiro atoms. The lowest BCUT2D eigenvalue weighted by atomic mass is 10.1. The van der Waals surface area contributed by atoms with E-state index in [4.69, 9.17) is 4.74 Å². The van der Waals surface area contributed by atoms with Crippen molar-refractivity contribution in [3.05, 3.63) is 57.7 Å². The minimum atomic E-state index is -0.444. The summed E-state index contributed by atoms with van der Waals surface area (Å²) in [5.41, 5.74) is 4.07. The number of thiazole rings is 1. The van der Waals surface area contributed by atoms with Crippen LogP contribution in [-0.2, 0) is 11.8 Å². The van der Waals surface area contributed by atoms with Crippen molar-refractivity contribution >= 4 is 28.9 Å². The maximum Gasteiger partial charge on any atom is 0.337 e. The molecule has 6 nitrogen and oxygen atoms in total. The molecule has 0 aliphatic heterocycles. The zero-order chi connectivity index (χ0) is 18.8. The third kappa shape index (κ3) is 3.52. The number of carbonyl (C=O) groups excluding carboxylic acids is 2. The SMILES string of the molecule is COC(=O)c1ccc(C)c(NC(=O)c2cc(-c3csc(C)n3)cn2C)c1. The van der Waals surface area contributed by atoms with Gasteiger partial charge in [-0.1, -0.05) is 6.07 Å². The van der Waals surface area contributed by atoms with Crippen molar-refractivity contribution in [3.8, 4) is 11.3 Å². The second-order valence-electron chi connectivity index (χ2n) is 5.95. The van der Waals surface area contributed by atoms with E-state index in [1.165, 1.54) is 7.11 Å². The molecule has 0 unspecified atom stereocenters. The van der Waals surface area contributed by atoms with Gasteiger partial charge in [0.05, 0.1) is 23.4 Å². The molecule has 0 bridgehead atoms. The normalized spacial score (nSPS) is 10.6. The average Bonchev–Trinajstić information content (AvgIpc) is 3.21. The third-order valence-electron chi connectivity index (χ3n) is 4.06. The summed E-state index contributed by atoms with van der Waals surface area (Å²) in [6, 6.07) is 6.87. The number of amides is 1. The van der Waals surface area contributed by atoms with Crippen LogP contribution in [0.5, 0.6) is 0 Å². The molecule has 0 saturated heterocycles. The highest BCUT2D eigenvalue weighted by Crippen LogP contribution is 2.25.